The summed E-state index contributed by atoms with van der Waals surface area (Å²) in [4.78, 5) is 6.85. The quantitative estimate of drug-likeness (QED) is 0.259. The fraction of sp³-hybridized carbons (Fsp3) is 0.545. The molecule has 0 atom stereocenters. The van der Waals surface area contributed by atoms with Gasteiger partial charge >= 0.3 is 0 Å². The van der Waals surface area contributed by atoms with E-state index < -0.39 is 0 Å². The smallest absolute Gasteiger partial charge is 0.0827 e. The summed E-state index contributed by atoms with van der Waals surface area (Å²) < 4.78 is 11.9. The monoisotopic (exact) mass is 526 g/mol. The van der Waals surface area contributed by atoms with E-state index in [2.05, 4.69) is 75.0 Å². The first-order valence-corrected chi connectivity index (χ1v) is 14.6. The van der Waals surface area contributed by atoms with E-state index in [0.717, 1.165) is 23.0 Å². The Kier molecular flexibility index (Phi) is 16.2. The first kappa shape index (κ1) is 33.0. The Morgan fingerprint density at radius 2 is 1.65 bits per heavy atom. The van der Waals surface area contributed by atoms with Gasteiger partial charge in [0.25, 0.3) is 0 Å². The number of aryl methyl sites for hydroxylation is 1. The second kappa shape index (κ2) is 18.2. The van der Waals surface area contributed by atoms with Crippen LogP contribution in [-0.4, -0.2) is 31.3 Å². The average molecular weight is 527 g/mol. The van der Waals surface area contributed by atoms with Crippen LogP contribution in [0.3, 0.4) is 0 Å². The number of hydrogen-bond donors (Lipinski definition) is 0. The van der Waals surface area contributed by atoms with Crippen LogP contribution in [0, 0.1) is 18.8 Å². The average Bonchev–Trinajstić information content (AvgIpc) is 3.42. The third kappa shape index (κ3) is 12.3. The highest BCUT2D eigenvalue weighted by Crippen LogP contribution is 2.34. The normalized spacial score (nSPS) is 15.8. The highest BCUT2D eigenvalue weighted by atomic mass is 32.2. The molecule has 0 N–H and O–H groups in total. The minimum Gasteiger partial charge on any atom is -0.375 e. The molecule has 2 fully saturated rings. The Bertz CT molecular complexity index is 921. The number of hydrogen-bond acceptors (Lipinski definition) is 3. The van der Waals surface area contributed by atoms with E-state index in [1.165, 1.54) is 86.6 Å². The highest BCUT2D eigenvalue weighted by molar-refractivity contribution is 7.99. The molecule has 206 valence electrons. The van der Waals surface area contributed by atoms with Crippen LogP contribution in [-0.2, 0) is 0 Å². The van der Waals surface area contributed by atoms with Crippen LogP contribution in [0.4, 0.5) is 3.89 Å². The second-order valence-electron chi connectivity index (χ2n) is 10.7. The largest absolute Gasteiger partial charge is 0.375 e. The lowest BCUT2D eigenvalue weighted by molar-refractivity contribution is 0.205. The molecule has 1 heterocycles. The van der Waals surface area contributed by atoms with Gasteiger partial charge in [0.15, 0.2) is 0 Å². The molecular formula is C33H51FN2S. The van der Waals surface area contributed by atoms with E-state index in [1.54, 1.807) is 7.05 Å². The molecule has 0 spiro atoms. The molecule has 1 aliphatic heterocycles. The van der Waals surface area contributed by atoms with Crippen molar-refractivity contribution in [1.82, 2.24) is 4.90 Å². The van der Waals surface area contributed by atoms with Crippen molar-refractivity contribution in [2.45, 2.75) is 86.5 Å². The van der Waals surface area contributed by atoms with E-state index in [4.69, 9.17) is 0 Å². The zero-order chi connectivity index (χ0) is 27.8. The summed E-state index contributed by atoms with van der Waals surface area (Å²) in [6, 6.07) is 8.32. The third-order valence-corrected chi connectivity index (χ3v) is 7.88. The fourth-order valence-corrected chi connectivity index (χ4v) is 5.15. The summed E-state index contributed by atoms with van der Waals surface area (Å²) in [5.41, 5.74) is 7.32. The number of rotatable bonds is 7. The van der Waals surface area contributed by atoms with Crippen LogP contribution in [0.25, 0.3) is 5.57 Å². The van der Waals surface area contributed by atoms with Crippen molar-refractivity contribution in [3.8, 4) is 0 Å². The number of nitrogens with zero attached hydrogens (tertiary/aromatic N) is 2. The van der Waals surface area contributed by atoms with Crippen LogP contribution in [0.1, 0.15) is 90.7 Å². The maximum Gasteiger partial charge on any atom is 0.0827 e. The molecule has 2 nitrogen and oxygen atoms in total. The van der Waals surface area contributed by atoms with Gasteiger partial charge < -0.3 is 4.90 Å². The zero-order valence-corrected chi connectivity index (χ0v) is 25.4. The lowest BCUT2D eigenvalue weighted by atomic mass is 9.92. The number of allylic oxidation sites excluding steroid dienone is 6. The van der Waals surface area contributed by atoms with Crippen LogP contribution >= 0.6 is 12.1 Å². The number of piperidine rings is 1. The Morgan fingerprint density at radius 1 is 1.05 bits per heavy atom. The lowest BCUT2D eigenvalue weighted by Crippen LogP contribution is -2.34. The molecule has 37 heavy (non-hydrogen) atoms. The van der Waals surface area contributed by atoms with Gasteiger partial charge in [0.05, 0.1) is 17.1 Å². The molecule has 1 saturated heterocycles. The Balaban J connectivity index is 0.000000288. The molecule has 0 aromatic heterocycles. The van der Waals surface area contributed by atoms with Gasteiger partial charge in [-0.2, -0.15) is 3.89 Å². The molecule has 1 aromatic carbocycles. The maximum atomic E-state index is 11.9. The minimum absolute atomic E-state index is 0.233. The van der Waals surface area contributed by atoms with Gasteiger partial charge in [0.2, 0.25) is 0 Å². The van der Waals surface area contributed by atoms with Gasteiger partial charge in [-0.25, -0.2) is 0 Å². The molecule has 1 aliphatic carbocycles. The molecule has 0 bridgehead atoms. The number of likely N-dealkylation sites (tertiary alicyclic amines) is 1. The van der Waals surface area contributed by atoms with Crippen LogP contribution in [0.5, 0.6) is 0 Å². The Labute approximate surface area is 232 Å². The summed E-state index contributed by atoms with van der Waals surface area (Å²) in [6.07, 6.45) is 13.4. The van der Waals surface area contributed by atoms with Gasteiger partial charge in [-0.3, -0.25) is 4.99 Å². The van der Waals surface area contributed by atoms with Crippen molar-refractivity contribution in [2.24, 2.45) is 16.8 Å². The fourth-order valence-electron chi connectivity index (χ4n) is 4.85. The Hall–Kier alpha value is -2.07. The van der Waals surface area contributed by atoms with Crippen molar-refractivity contribution >= 4 is 23.9 Å². The predicted molar refractivity (Wildman–Crippen MR) is 167 cm³/mol. The molecule has 3 rings (SSSR count). The summed E-state index contributed by atoms with van der Waals surface area (Å²) >= 11 is 0.233. The van der Waals surface area contributed by atoms with Gasteiger partial charge in [-0.1, -0.05) is 80.8 Å². The number of halogens is 1. The summed E-state index contributed by atoms with van der Waals surface area (Å²) in [7, 11) is 1.62. The van der Waals surface area contributed by atoms with E-state index in [1.807, 2.05) is 19.9 Å². The summed E-state index contributed by atoms with van der Waals surface area (Å²) in [5, 5.41) is 0. The van der Waals surface area contributed by atoms with Crippen LogP contribution < -0.4 is 0 Å². The molecule has 0 unspecified atom stereocenters. The molecule has 4 heteroatoms. The first-order valence-electron chi connectivity index (χ1n) is 13.9. The van der Waals surface area contributed by atoms with E-state index in [0.29, 0.717) is 4.91 Å². The maximum absolute atomic E-state index is 11.9. The molecule has 1 aromatic rings. The van der Waals surface area contributed by atoms with E-state index in [-0.39, 0.29) is 12.1 Å². The predicted octanol–water partition coefficient (Wildman–Crippen LogP) is 10.4. The SMILES string of the molecule is C=C(C1CCCC1)N1CCC(CC)CC1.C=C(C=C(C)C)c1ccccc1C.CN=CC(SF)=C(C)C. The van der Waals surface area contributed by atoms with E-state index >= 15 is 0 Å². The third-order valence-electron chi connectivity index (χ3n) is 7.20. The number of benzene rings is 1. The highest BCUT2D eigenvalue weighted by Gasteiger charge is 2.25. The standard InChI is InChI=1S/C14H25N.C13H16.C6H10FNS/c1-3-13-8-10-15(11-9-13)12(2)14-6-4-5-7-14;1-10(2)9-12(4)13-8-6-5-7-11(13)3;1-5(2)6(9-7)4-8-3/h13-14H,2-11H2,1H3;5-9H,4H2,1-3H3;4H,1-3H3. The van der Waals surface area contributed by atoms with Crippen molar-refractivity contribution in [2.75, 3.05) is 20.1 Å². The topological polar surface area (TPSA) is 15.6 Å². The van der Waals surface area contributed by atoms with E-state index in [9.17, 15) is 3.89 Å². The van der Waals surface area contributed by atoms with Crippen molar-refractivity contribution < 1.29 is 3.89 Å². The van der Waals surface area contributed by atoms with Crippen LogP contribution in [0.15, 0.2) is 70.2 Å². The molecular weight excluding hydrogens is 475 g/mol. The summed E-state index contributed by atoms with van der Waals surface area (Å²) in [5.74, 6) is 1.81. The second-order valence-corrected chi connectivity index (χ2v) is 11.3. The zero-order valence-electron chi connectivity index (χ0n) is 24.6. The summed E-state index contributed by atoms with van der Waals surface area (Å²) in [6.45, 7) is 23.2. The van der Waals surface area contributed by atoms with Crippen molar-refractivity contribution in [3.05, 3.63) is 76.4 Å². The Morgan fingerprint density at radius 3 is 2.08 bits per heavy atom. The van der Waals surface area contributed by atoms with Gasteiger partial charge in [0, 0.05) is 32.0 Å². The van der Waals surface area contributed by atoms with Gasteiger partial charge in [-0.15, -0.1) is 0 Å². The van der Waals surface area contributed by atoms with Crippen molar-refractivity contribution in [3.63, 3.8) is 0 Å². The number of aliphatic imine (C=N–C) groups is 1. The van der Waals surface area contributed by atoms with Gasteiger partial charge in [-0.05, 0) is 88.8 Å². The molecule has 1 saturated carbocycles. The minimum atomic E-state index is 0.233. The lowest BCUT2D eigenvalue weighted by Gasteiger charge is -2.36. The molecule has 2 aliphatic rings. The van der Waals surface area contributed by atoms with Gasteiger partial charge in [0.1, 0.15) is 0 Å². The van der Waals surface area contributed by atoms with Crippen LogP contribution in [0.2, 0.25) is 0 Å². The molecule has 0 amide bonds. The molecule has 0 radical (unpaired) electrons. The van der Waals surface area contributed by atoms with Crippen molar-refractivity contribution in [1.29, 1.82) is 0 Å². The first-order chi connectivity index (χ1) is 17.6.